The van der Waals surface area contributed by atoms with Gasteiger partial charge in [-0.1, -0.05) is 24.9 Å². The molecule has 0 aliphatic rings. The molecule has 0 fully saturated rings. The van der Waals surface area contributed by atoms with Crippen LogP contribution in [0, 0.1) is 0 Å². The first-order valence-corrected chi connectivity index (χ1v) is 7.84. The molecule has 0 amide bonds. The van der Waals surface area contributed by atoms with Crippen molar-refractivity contribution in [2.45, 2.75) is 32.4 Å². The SMILES string of the molecule is CCCCc1cc(Cl)nc(-n2cnc3ccc(C(F)(F)F)cc32)n1. The van der Waals surface area contributed by atoms with Crippen LogP contribution >= 0.6 is 11.6 Å². The van der Waals surface area contributed by atoms with Crippen molar-refractivity contribution in [3.05, 3.63) is 47.0 Å². The molecule has 0 saturated heterocycles. The number of benzene rings is 1. The smallest absolute Gasteiger partial charge is 0.267 e. The summed E-state index contributed by atoms with van der Waals surface area (Å²) in [6.45, 7) is 2.06. The summed E-state index contributed by atoms with van der Waals surface area (Å²) in [7, 11) is 0. The minimum Gasteiger partial charge on any atom is -0.267 e. The van der Waals surface area contributed by atoms with E-state index in [1.165, 1.54) is 17.0 Å². The van der Waals surface area contributed by atoms with Gasteiger partial charge in [0, 0.05) is 5.69 Å². The maximum Gasteiger partial charge on any atom is 0.416 e. The molecule has 8 heteroatoms. The molecular formula is C16H14ClF3N4. The number of halogens is 4. The number of rotatable bonds is 4. The van der Waals surface area contributed by atoms with Crippen molar-refractivity contribution in [1.82, 2.24) is 19.5 Å². The van der Waals surface area contributed by atoms with Gasteiger partial charge in [0.2, 0.25) is 5.95 Å². The van der Waals surface area contributed by atoms with E-state index in [2.05, 4.69) is 21.9 Å². The topological polar surface area (TPSA) is 43.6 Å². The minimum atomic E-state index is -4.43. The van der Waals surface area contributed by atoms with E-state index in [1.807, 2.05) is 0 Å². The Morgan fingerprint density at radius 3 is 2.67 bits per heavy atom. The second-order valence-electron chi connectivity index (χ2n) is 5.40. The lowest BCUT2D eigenvalue weighted by molar-refractivity contribution is -0.137. The van der Waals surface area contributed by atoms with Gasteiger partial charge in [-0.2, -0.15) is 13.2 Å². The molecule has 126 valence electrons. The van der Waals surface area contributed by atoms with Crippen LogP contribution in [0.15, 0.2) is 30.6 Å². The zero-order valence-electron chi connectivity index (χ0n) is 12.8. The van der Waals surface area contributed by atoms with E-state index in [0.29, 0.717) is 5.52 Å². The van der Waals surface area contributed by atoms with Crippen LogP contribution in [0.1, 0.15) is 31.0 Å². The highest BCUT2D eigenvalue weighted by Gasteiger charge is 2.31. The molecule has 4 nitrogen and oxygen atoms in total. The average Bonchev–Trinajstić information content (AvgIpc) is 2.94. The summed E-state index contributed by atoms with van der Waals surface area (Å²) in [5.41, 5.74) is 0.723. The number of aryl methyl sites for hydroxylation is 1. The summed E-state index contributed by atoms with van der Waals surface area (Å²) >= 11 is 6.04. The van der Waals surface area contributed by atoms with Crippen LogP contribution in [0.2, 0.25) is 5.15 Å². The number of imidazole rings is 1. The molecule has 2 heterocycles. The second kappa shape index (κ2) is 6.39. The number of aromatic nitrogens is 4. The Hall–Kier alpha value is -2.15. The summed E-state index contributed by atoms with van der Waals surface area (Å²) in [5, 5.41) is 0.250. The number of nitrogens with zero attached hydrogens (tertiary/aromatic N) is 4. The predicted octanol–water partition coefficient (Wildman–Crippen LogP) is 4.83. The fourth-order valence-corrected chi connectivity index (χ4v) is 2.59. The quantitative estimate of drug-likeness (QED) is 0.630. The molecule has 0 saturated carbocycles. The predicted molar refractivity (Wildman–Crippen MR) is 85.3 cm³/mol. The van der Waals surface area contributed by atoms with Crippen molar-refractivity contribution in [2.24, 2.45) is 0 Å². The van der Waals surface area contributed by atoms with E-state index in [1.54, 1.807) is 6.07 Å². The van der Waals surface area contributed by atoms with E-state index < -0.39 is 11.7 Å². The summed E-state index contributed by atoms with van der Waals surface area (Å²) < 4.78 is 40.2. The lowest BCUT2D eigenvalue weighted by atomic mass is 10.2. The molecule has 0 radical (unpaired) electrons. The first-order chi connectivity index (χ1) is 11.4. The van der Waals surface area contributed by atoms with Gasteiger partial charge >= 0.3 is 6.18 Å². The van der Waals surface area contributed by atoms with Gasteiger partial charge in [-0.15, -0.1) is 0 Å². The zero-order chi connectivity index (χ0) is 17.3. The van der Waals surface area contributed by atoms with Crippen LogP contribution in [0.4, 0.5) is 13.2 Å². The molecule has 1 aromatic carbocycles. The fourth-order valence-electron chi connectivity index (χ4n) is 2.39. The van der Waals surface area contributed by atoms with Crippen LogP contribution in [0.5, 0.6) is 0 Å². The number of hydrogen-bond acceptors (Lipinski definition) is 3. The molecule has 0 N–H and O–H groups in total. The molecular weight excluding hydrogens is 341 g/mol. The van der Waals surface area contributed by atoms with Crippen molar-refractivity contribution in [3.63, 3.8) is 0 Å². The summed E-state index contributed by atoms with van der Waals surface area (Å²) in [4.78, 5) is 12.6. The maximum atomic E-state index is 12.9. The standard InChI is InChI=1S/C16H14ClF3N4/c1-2-3-4-11-8-14(17)23-15(22-11)24-9-21-12-6-5-10(7-13(12)24)16(18,19)20/h5-9H,2-4H2,1H3. The van der Waals surface area contributed by atoms with Gasteiger partial charge in [-0.05, 0) is 37.1 Å². The van der Waals surface area contributed by atoms with Crippen LogP contribution in [-0.2, 0) is 12.6 Å². The highest BCUT2D eigenvalue weighted by Crippen LogP contribution is 2.31. The number of fused-ring (bicyclic) bond motifs is 1. The first kappa shape index (κ1) is 16.7. The molecule has 0 atom stereocenters. The molecule has 0 spiro atoms. The molecule has 2 aromatic heterocycles. The number of hydrogen-bond donors (Lipinski definition) is 0. The molecule has 0 unspecified atom stereocenters. The first-order valence-electron chi connectivity index (χ1n) is 7.46. The monoisotopic (exact) mass is 354 g/mol. The van der Waals surface area contributed by atoms with Crippen molar-refractivity contribution in [1.29, 1.82) is 0 Å². The van der Waals surface area contributed by atoms with Gasteiger partial charge in [0.25, 0.3) is 0 Å². The Morgan fingerprint density at radius 2 is 1.96 bits per heavy atom. The lowest BCUT2D eigenvalue weighted by Gasteiger charge is -2.09. The molecule has 0 aliphatic heterocycles. The normalized spacial score (nSPS) is 12.0. The van der Waals surface area contributed by atoms with Crippen LogP contribution < -0.4 is 0 Å². The van der Waals surface area contributed by atoms with E-state index in [4.69, 9.17) is 11.6 Å². The third kappa shape index (κ3) is 3.36. The summed E-state index contributed by atoms with van der Waals surface area (Å²) in [6.07, 6.45) is -0.355. The minimum absolute atomic E-state index is 0.218. The Morgan fingerprint density at radius 1 is 1.17 bits per heavy atom. The molecule has 0 aliphatic carbocycles. The zero-order valence-corrected chi connectivity index (χ0v) is 13.6. The summed E-state index contributed by atoms with van der Waals surface area (Å²) in [6, 6.07) is 5.04. The van der Waals surface area contributed by atoms with E-state index >= 15 is 0 Å². The van der Waals surface area contributed by atoms with Gasteiger partial charge in [0.05, 0.1) is 16.6 Å². The molecule has 3 aromatic rings. The summed E-state index contributed by atoms with van der Waals surface area (Å²) in [5.74, 6) is 0.218. The third-order valence-electron chi connectivity index (χ3n) is 3.61. The second-order valence-corrected chi connectivity index (χ2v) is 5.79. The highest BCUT2D eigenvalue weighted by atomic mass is 35.5. The lowest BCUT2D eigenvalue weighted by Crippen LogP contribution is -2.06. The van der Waals surface area contributed by atoms with Crippen molar-refractivity contribution in [2.75, 3.05) is 0 Å². The Balaban J connectivity index is 2.10. The van der Waals surface area contributed by atoms with E-state index in [9.17, 15) is 13.2 Å². The highest BCUT2D eigenvalue weighted by molar-refractivity contribution is 6.29. The largest absolute Gasteiger partial charge is 0.416 e. The van der Waals surface area contributed by atoms with Crippen molar-refractivity contribution >= 4 is 22.6 Å². The number of alkyl halides is 3. The molecule has 24 heavy (non-hydrogen) atoms. The van der Waals surface area contributed by atoms with Gasteiger partial charge < -0.3 is 0 Å². The number of unbranched alkanes of at least 4 members (excludes halogenated alkanes) is 1. The fraction of sp³-hybridized carbons (Fsp3) is 0.312. The van der Waals surface area contributed by atoms with Gasteiger partial charge in [0.15, 0.2) is 0 Å². The van der Waals surface area contributed by atoms with Gasteiger partial charge in [0.1, 0.15) is 11.5 Å². The van der Waals surface area contributed by atoms with Crippen LogP contribution in [-0.4, -0.2) is 19.5 Å². The third-order valence-corrected chi connectivity index (χ3v) is 3.81. The van der Waals surface area contributed by atoms with Gasteiger partial charge in [-0.25, -0.2) is 15.0 Å². The Labute approximate surface area is 141 Å². The Bertz CT molecular complexity index is 873. The van der Waals surface area contributed by atoms with Crippen molar-refractivity contribution in [3.8, 4) is 5.95 Å². The maximum absolute atomic E-state index is 12.9. The van der Waals surface area contributed by atoms with Gasteiger partial charge in [-0.3, -0.25) is 4.57 Å². The van der Waals surface area contributed by atoms with Crippen LogP contribution in [0.25, 0.3) is 17.0 Å². The average molecular weight is 355 g/mol. The van der Waals surface area contributed by atoms with Crippen LogP contribution in [0.3, 0.4) is 0 Å². The Kier molecular flexibility index (Phi) is 4.45. The molecule has 0 bridgehead atoms. The van der Waals surface area contributed by atoms with E-state index in [-0.39, 0.29) is 16.6 Å². The van der Waals surface area contributed by atoms with E-state index in [0.717, 1.165) is 37.1 Å². The molecule has 3 rings (SSSR count). The van der Waals surface area contributed by atoms with Crippen molar-refractivity contribution < 1.29 is 13.2 Å².